The summed E-state index contributed by atoms with van der Waals surface area (Å²) in [5.41, 5.74) is 0.881. The maximum Gasteiger partial charge on any atom is 0.263 e. The molecule has 0 aliphatic carbocycles. The molecule has 1 aromatic rings. The summed E-state index contributed by atoms with van der Waals surface area (Å²) in [5.74, 6) is 1.86. The predicted octanol–water partition coefficient (Wildman–Crippen LogP) is 4.00. The van der Waals surface area contributed by atoms with Crippen molar-refractivity contribution in [2.75, 3.05) is 13.2 Å². The molecule has 23 heavy (non-hydrogen) atoms. The lowest BCUT2D eigenvalue weighted by molar-refractivity contribution is -0.115. The van der Waals surface area contributed by atoms with Crippen molar-refractivity contribution in [3.8, 4) is 11.5 Å². The summed E-state index contributed by atoms with van der Waals surface area (Å²) in [7, 11) is 0. The van der Waals surface area contributed by atoms with Crippen molar-refractivity contribution in [3.63, 3.8) is 0 Å². The molecule has 0 saturated carbocycles. The molecule has 0 radical (unpaired) electrons. The second kappa shape index (κ2) is 8.36. The Balaban J connectivity index is 2.16. The molecule has 0 atom stereocenters. The second-order valence-electron chi connectivity index (χ2n) is 5.52. The van der Waals surface area contributed by atoms with E-state index in [0.29, 0.717) is 34.1 Å². The Labute approximate surface area is 146 Å². The number of thioether (sulfide) groups is 1. The van der Waals surface area contributed by atoms with Gasteiger partial charge in [-0.2, -0.15) is 0 Å². The minimum atomic E-state index is -0.157. The number of carbonyl (C=O) groups is 1. The van der Waals surface area contributed by atoms with E-state index in [1.54, 1.807) is 6.08 Å². The molecule has 1 fully saturated rings. The van der Waals surface area contributed by atoms with E-state index in [9.17, 15) is 4.79 Å². The number of nitrogens with one attached hydrogen (secondary N) is 1. The predicted molar refractivity (Wildman–Crippen MR) is 98.9 cm³/mol. The molecule has 0 bridgehead atoms. The zero-order valence-electron chi connectivity index (χ0n) is 13.5. The fourth-order valence-electron chi connectivity index (χ4n) is 1.98. The van der Waals surface area contributed by atoms with Crippen LogP contribution in [0.15, 0.2) is 23.1 Å². The van der Waals surface area contributed by atoms with Crippen molar-refractivity contribution in [3.05, 3.63) is 28.7 Å². The fraction of sp³-hybridized carbons (Fsp3) is 0.412. The summed E-state index contributed by atoms with van der Waals surface area (Å²) in [6.07, 6.45) is 2.80. The van der Waals surface area contributed by atoms with Crippen molar-refractivity contribution in [2.24, 2.45) is 5.92 Å². The number of amides is 1. The molecule has 1 N–H and O–H groups in total. The number of ether oxygens (including phenoxy) is 2. The monoisotopic (exact) mass is 351 g/mol. The topological polar surface area (TPSA) is 47.6 Å². The molecule has 1 aliphatic rings. The Bertz CT molecular complexity index is 626. The molecule has 4 nitrogen and oxygen atoms in total. The van der Waals surface area contributed by atoms with Gasteiger partial charge in [-0.05, 0) is 43.0 Å². The molecular formula is C17H21NO3S2. The van der Waals surface area contributed by atoms with Crippen molar-refractivity contribution in [2.45, 2.75) is 27.2 Å². The summed E-state index contributed by atoms with van der Waals surface area (Å²) in [5, 5.41) is 2.61. The molecule has 0 unspecified atom stereocenters. The average Bonchev–Trinajstić information content (AvgIpc) is 2.79. The first kappa shape index (κ1) is 17.8. The van der Waals surface area contributed by atoms with Crippen molar-refractivity contribution >= 4 is 40.3 Å². The summed E-state index contributed by atoms with van der Waals surface area (Å²) in [6, 6.07) is 5.68. The summed E-state index contributed by atoms with van der Waals surface area (Å²) in [6.45, 7) is 7.47. The molecule has 0 aromatic heterocycles. The third-order valence-corrected chi connectivity index (χ3v) is 4.32. The van der Waals surface area contributed by atoms with Crippen LogP contribution < -0.4 is 14.8 Å². The van der Waals surface area contributed by atoms with Gasteiger partial charge in [-0.15, -0.1) is 0 Å². The van der Waals surface area contributed by atoms with E-state index in [1.165, 1.54) is 11.8 Å². The Morgan fingerprint density at radius 3 is 2.70 bits per heavy atom. The van der Waals surface area contributed by atoms with Gasteiger partial charge in [0.25, 0.3) is 5.91 Å². The minimum Gasteiger partial charge on any atom is -0.490 e. The van der Waals surface area contributed by atoms with Gasteiger partial charge in [-0.1, -0.05) is 43.9 Å². The third kappa shape index (κ3) is 5.25. The van der Waals surface area contributed by atoms with E-state index in [1.807, 2.05) is 25.1 Å². The number of benzene rings is 1. The molecular weight excluding hydrogens is 330 g/mol. The highest BCUT2D eigenvalue weighted by Crippen LogP contribution is 2.32. The molecule has 1 amide bonds. The Kier molecular flexibility index (Phi) is 6.47. The van der Waals surface area contributed by atoms with Crippen molar-refractivity contribution in [1.29, 1.82) is 0 Å². The highest BCUT2D eigenvalue weighted by molar-refractivity contribution is 8.26. The largest absolute Gasteiger partial charge is 0.490 e. The fourth-order valence-corrected chi connectivity index (χ4v) is 3.02. The first-order valence-corrected chi connectivity index (χ1v) is 8.86. The summed E-state index contributed by atoms with van der Waals surface area (Å²) in [4.78, 5) is 12.3. The van der Waals surface area contributed by atoms with Crippen LogP contribution in [0.1, 0.15) is 32.8 Å². The van der Waals surface area contributed by atoms with Crippen LogP contribution in [0.3, 0.4) is 0 Å². The Hall–Kier alpha value is -1.53. The van der Waals surface area contributed by atoms with Gasteiger partial charge in [0, 0.05) is 0 Å². The first-order chi connectivity index (χ1) is 11.0. The van der Waals surface area contributed by atoms with Crippen LogP contribution in [0.2, 0.25) is 0 Å². The number of rotatable bonds is 7. The standard InChI is InChI=1S/C17H21NO3S2/c1-4-20-14-9-12(10-15-16(19)18-17(22)23-15)5-6-13(14)21-8-7-11(2)3/h5-6,9-11H,4,7-8H2,1-3H3,(H,18,19,22)/b15-10+. The quantitative estimate of drug-likeness (QED) is 0.594. The van der Waals surface area contributed by atoms with E-state index in [0.717, 1.165) is 17.7 Å². The van der Waals surface area contributed by atoms with Gasteiger partial charge in [0.2, 0.25) is 0 Å². The number of hydrogen-bond acceptors (Lipinski definition) is 5. The number of hydrogen-bond donors (Lipinski definition) is 1. The smallest absolute Gasteiger partial charge is 0.263 e. The van der Waals surface area contributed by atoms with Crippen LogP contribution in [0, 0.1) is 5.92 Å². The molecule has 1 heterocycles. The lowest BCUT2D eigenvalue weighted by Crippen LogP contribution is -2.17. The maximum absolute atomic E-state index is 11.7. The maximum atomic E-state index is 11.7. The SMILES string of the molecule is CCOc1cc(/C=C2/SC(=S)NC2=O)ccc1OCCC(C)C. The van der Waals surface area contributed by atoms with Gasteiger partial charge < -0.3 is 14.8 Å². The molecule has 124 valence electrons. The second-order valence-corrected chi connectivity index (χ2v) is 7.24. The van der Waals surface area contributed by atoms with Crippen LogP contribution in [-0.2, 0) is 4.79 Å². The Morgan fingerprint density at radius 1 is 1.30 bits per heavy atom. The molecule has 0 spiro atoms. The van der Waals surface area contributed by atoms with Gasteiger partial charge in [0.05, 0.1) is 18.1 Å². The molecule has 1 saturated heterocycles. The normalized spacial score (nSPS) is 16.1. The zero-order chi connectivity index (χ0) is 16.8. The highest BCUT2D eigenvalue weighted by atomic mass is 32.2. The summed E-state index contributed by atoms with van der Waals surface area (Å²) < 4.78 is 12.0. The van der Waals surface area contributed by atoms with Gasteiger partial charge >= 0.3 is 0 Å². The van der Waals surface area contributed by atoms with E-state index < -0.39 is 0 Å². The first-order valence-electron chi connectivity index (χ1n) is 7.64. The van der Waals surface area contributed by atoms with Crippen LogP contribution >= 0.6 is 24.0 Å². The van der Waals surface area contributed by atoms with E-state index in [4.69, 9.17) is 21.7 Å². The molecule has 1 aromatic carbocycles. The van der Waals surface area contributed by atoms with Crippen LogP contribution in [0.5, 0.6) is 11.5 Å². The highest BCUT2D eigenvalue weighted by Gasteiger charge is 2.22. The van der Waals surface area contributed by atoms with E-state index >= 15 is 0 Å². The summed E-state index contributed by atoms with van der Waals surface area (Å²) >= 11 is 6.26. The molecule has 6 heteroatoms. The zero-order valence-corrected chi connectivity index (χ0v) is 15.2. The van der Waals surface area contributed by atoms with Crippen LogP contribution in [-0.4, -0.2) is 23.4 Å². The van der Waals surface area contributed by atoms with E-state index in [2.05, 4.69) is 19.2 Å². The van der Waals surface area contributed by atoms with Crippen LogP contribution in [0.4, 0.5) is 0 Å². The molecule has 1 aliphatic heterocycles. The van der Waals surface area contributed by atoms with Crippen molar-refractivity contribution < 1.29 is 14.3 Å². The van der Waals surface area contributed by atoms with Crippen LogP contribution in [0.25, 0.3) is 6.08 Å². The third-order valence-electron chi connectivity index (χ3n) is 3.16. The average molecular weight is 351 g/mol. The number of carbonyl (C=O) groups excluding carboxylic acids is 1. The van der Waals surface area contributed by atoms with Crippen molar-refractivity contribution in [1.82, 2.24) is 5.32 Å². The van der Waals surface area contributed by atoms with E-state index in [-0.39, 0.29) is 5.91 Å². The Morgan fingerprint density at radius 2 is 2.09 bits per heavy atom. The lowest BCUT2D eigenvalue weighted by Gasteiger charge is -2.13. The lowest BCUT2D eigenvalue weighted by atomic mass is 10.1. The minimum absolute atomic E-state index is 0.157. The number of thiocarbonyl (C=S) groups is 1. The van der Waals surface area contributed by atoms with Gasteiger partial charge in [0.1, 0.15) is 4.32 Å². The van der Waals surface area contributed by atoms with Gasteiger partial charge in [-0.3, -0.25) is 4.79 Å². The molecule has 2 rings (SSSR count). The van der Waals surface area contributed by atoms with Gasteiger partial charge in [-0.25, -0.2) is 0 Å². The van der Waals surface area contributed by atoms with Gasteiger partial charge in [0.15, 0.2) is 11.5 Å².